The van der Waals surface area contributed by atoms with Crippen LogP contribution in [0.1, 0.15) is 28.8 Å². The maximum Gasteiger partial charge on any atom is 0.335 e. The van der Waals surface area contributed by atoms with Gasteiger partial charge in [0.1, 0.15) is 0 Å². The molecule has 1 fully saturated rings. The van der Waals surface area contributed by atoms with Gasteiger partial charge in [0.2, 0.25) is 0 Å². The molecule has 4 nitrogen and oxygen atoms in total. The third-order valence-electron chi connectivity index (χ3n) is 3.54. The number of nitrogens with one attached hydrogen (secondary N) is 1. The van der Waals surface area contributed by atoms with Gasteiger partial charge in [0, 0.05) is 12.6 Å². The highest BCUT2D eigenvalue weighted by molar-refractivity contribution is 5.87. The number of nitrogens with zero attached hydrogens (tertiary/aromatic N) is 1. The van der Waals surface area contributed by atoms with E-state index in [9.17, 15) is 4.79 Å². The molecule has 0 atom stereocenters. The quantitative estimate of drug-likeness (QED) is 0.849. The summed E-state index contributed by atoms with van der Waals surface area (Å²) in [7, 11) is 2.11. The molecule has 0 unspecified atom stereocenters. The molecule has 0 aliphatic carbocycles. The Balaban J connectivity index is 1.99. The molecular formula is C14H20N2O2. The highest BCUT2D eigenvalue weighted by atomic mass is 16.4. The second-order valence-electron chi connectivity index (χ2n) is 4.90. The van der Waals surface area contributed by atoms with Crippen LogP contribution >= 0.6 is 0 Å². The van der Waals surface area contributed by atoms with Crippen molar-refractivity contribution < 1.29 is 9.90 Å². The Bertz CT molecular complexity index is 414. The number of carboxylic acids is 1. The summed E-state index contributed by atoms with van der Waals surface area (Å²) in [6.45, 7) is 2.96. The molecule has 0 aromatic heterocycles. The second kappa shape index (κ2) is 5.98. The Labute approximate surface area is 108 Å². The molecule has 1 aromatic carbocycles. The number of benzene rings is 1. The zero-order valence-electron chi connectivity index (χ0n) is 10.7. The van der Waals surface area contributed by atoms with Crippen molar-refractivity contribution in [1.29, 1.82) is 0 Å². The van der Waals surface area contributed by atoms with E-state index in [0.717, 1.165) is 38.0 Å². The van der Waals surface area contributed by atoms with Crippen molar-refractivity contribution in [2.75, 3.05) is 20.1 Å². The maximum absolute atomic E-state index is 10.9. The fourth-order valence-corrected chi connectivity index (χ4v) is 2.47. The molecule has 2 rings (SSSR count). The smallest absolute Gasteiger partial charge is 0.335 e. The molecule has 1 aliphatic heterocycles. The zero-order valence-corrected chi connectivity index (χ0v) is 10.7. The summed E-state index contributed by atoms with van der Waals surface area (Å²) < 4.78 is 0. The Kier molecular flexibility index (Phi) is 4.33. The first-order valence-corrected chi connectivity index (χ1v) is 6.40. The van der Waals surface area contributed by atoms with E-state index in [1.165, 1.54) is 0 Å². The van der Waals surface area contributed by atoms with Gasteiger partial charge in [0.15, 0.2) is 0 Å². The van der Waals surface area contributed by atoms with E-state index in [-0.39, 0.29) is 0 Å². The van der Waals surface area contributed by atoms with Crippen LogP contribution in [0, 0.1) is 0 Å². The van der Waals surface area contributed by atoms with E-state index < -0.39 is 5.97 Å². The molecule has 0 amide bonds. The van der Waals surface area contributed by atoms with Gasteiger partial charge in [0.25, 0.3) is 0 Å². The lowest BCUT2D eigenvalue weighted by atomic mass is 10.0. The highest BCUT2D eigenvalue weighted by Gasteiger charge is 2.17. The Morgan fingerprint density at radius 3 is 2.83 bits per heavy atom. The first-order chi connectivity index (χ1) is 8.66. The molecular weight excluding hydrogens is 228 g/mol. The summed E-state index contributed by atoms with van der Waals surface area (Å²) in [4.78, 5) is 13.2. The monoisotopic (exact) mass is 248 g/mol. The van der Waals surface area contributed by atoms with E-state index in [1.807, 2.05) is 12.1 Å². The van der Waals surface area contributed by atoms with E-state index in [0.29, 0.717) is 11.6 Å². The molecule has 1 heterocycles. The molecule has 1 saturated heterocycles. The van der Waals surface area contributed by atoms with Crippen LogP contribution in [0.15, 0.2) is 24.3 Å². The minimum Gasteiger partial charge on any atom is -0.478 e. The Morgan fingerprint density at radius 2 is 2.17 bits per heavy atom. The zero-order chi connectivity index (χ0) is 13.0. The summed E-state index contributed by atoms with van der Waals surface area (Å²) in [5.74, 6) is -0.860. The van der Waals surface area contributed by atoms with Crippen LogP contribution in [0.25, 0.3) is 0 Å². The molecule has 0 bridgehead atoms. The average molecular weight is 248 g/mol. The molecule has 0 radical (unpaired) electrons. The minimum absolute atomic E-state index is 0.367. The van der Waals surface area contributed by atoms with Crippen molar-refractivity contribution in [3.05, 3.63) is 35.4 Å². The van der Waals surface area contributed by atoms with Gasteiger partial charge >= 0.3 is 5.97 Å². The van der Waals surface area contributed by atoms with E-state index in [2.05, 4.69) is 17.3 Å². The first kappa shape index (κ1) is 13.1. The Morgan fingerprint density at radius 1 is 1.44 bits per heavy atom. The van der Waals surface area contributed by atoms with Crippen molar-refractivity contribution in [2.24, 2.45) is 0 Å². The van der Waals surface area contributed by atoms with Crippen LogP contribution < -0.4 is 5.32 Å². The van der Waals surface area contributed by atoms with Gasteiger partial charge < -0.3 is 10.4 Å². The average Bonchev–Trinajstić information content (AvgIpc) is 2.40. The summed E-state index contributed by atoms with van der Waals surface area (Å²) in [6, 6.07) is 7.80. The summed E-state index contributed by atoms with van der Waals surface area (Å²) in [6.07, 6.45) is 2.32. The molecule has 2 N–H and O–H groups in total. The Hall–Kier alpha value is -1.39. The number of carboxylic acid groups (broad SMARTS) is 1. The van der Waals surface area contributed by atoms with Gasteiger partial charge in [-0.05, 0) is 50.7 Å². The largest absolute Gasteiger partial charge is 0.478 e. The van der Waals surface area contributed by atoms with Crippen LogP contribution in [-0.4, -0.2) is 42.2 Å². The van der Waals surface area contributed by atoms with E-state index in [1.54, 1.807) is 12.1 Å². The third-order valence-corrected chi connectivity index (χ3v) is 3.54. The van der Waals surface area contributed by atoms with Crippen LogP contribution in [0.5, 0.6) is 0 Å². The summed E-state index contributed by atoms with van der Waals surface area (Å²) in [5.41, 5.74) is 1.43. The van der Waals surface area contributed by atoms with Crippen LogP contribution in [-0.2, 0) is 6.54 Å². The predicted octanol–water partition coefficient (Wildman–Crippen LogP) is 1.57. The molecule has 18 heavy (non-hydrogen) atoms. The van der Waals surface area contributed by atoms with Gasteiger partial charge in [-0.3, -0.25) is 4.90 Å². The van der Waals surface area contributed by atoms with Crippen LogP contribution in [0.2, 0.25) is 0 Å². The SMILES string of the molecule is CN(Cc1cccc(C(=O)O)c1)C1CCNCC1. The standard InChI is InChI=1S/C14H20N2O2/c1-16(13-5-7-15-8-6-13)10-11-3-2-4-12(9-11)14(17)18/h2-4,9,13,15H,5-8,10H2,1H3,(H,17,18). The summed E-state index contributed by atoms with van der Waals surface area (Å²) >= 11 is 0. The van der Waals surface area contributed by atoms with Gasteiger partial charge in [0.05, 0.1) is 5.56 Å². The fraction of sp³-hybridized carbons (Fsp3) is 0.500. The number of carbonyl (C=O) groups is 1. The van der Waals surface area contributed by atoms with Gasteiger partial charge in [-0.15, -0.1) is 0 Å². The minimum atomic E-state index is -0.860. The van der Waals surface area contributed by atoms with E-state index >= 15 is 0 Å². The number of hydrogen-bond donors (Lipinski definition) is 2. The van der Waals surface area contributed by atoms with Crippen molar-refractivity contribution in [3.8, 4) is 0 Å². The van der Waals surface area contributed by atoms with Crippen molar-refractivity contribution in [2.45, 2.75) is 25.4 Å². The fourth-order valence-electron chi connectivity index (χ4n) is 2.47. The van der Waals surface area contributed by atoms with Gasteiger partial charge in [-0.25, -0.2) is 4.79 Å². The molecule has 0 saturated carbocycles. The third kappa shape index (κ3) is 3.31. The van der Waals surface area contributed by atoms with Gasteiger partial charge in [-0.2, -0.15) is 0 Å². The second-order valence-corrected chi connectivity index (χ2v) is 4.90. The number of rotatable bonds is 4. The lowest BCUT2D eigenvalue weighted by Crippen LogP contribution is -2.40. The first-order valence-electron chi connectivity index (χ1n) is 6.40. The lowest BCUT2D eigenvalue weighted by molar-refractivity contribution is 0.0696. The topological polar surface area (TPSA) is 52.6 Å². The normalized spacial score (nSPS) is 17.0. The predicted molar refractivity (Wildman–Crippen MR) is 70.8 cm³/mol. The van der Waals surface area contributed by atoms with Gasteiger partial charge in [-0.1, -0.05) is 12.1 Å². The highest BCUT2D eigenvalue weighted by Crippen LogP contribution is 2.14. The van der Waals surface area contributed by atoms with Crippen LogP contribution in [0.4, 0.5) is 0 Å². The molecule has 1 aromatic rings. The lowest BCUT2D eigenvalue weighted by Gasteiger charge is -2.31. The maximum atomic E-state index is 10.9. The molecule has 4 heteroatoms. The van der Waals surface area contributed by atoms with Crippen molar-refractivity contribution in [3.63, 3.8) is 0 Å². The summed E-state index contributed by atoms with van der Waals surface area (Å²) in [5, 5.41) is 12.3. The van der Waals surface area contributed by atoms with E-state index in [4.69, 9.17) is 5.11 Å². The number of aromatic carboxylic acids is 1. The number of hydrogen-bond acceptors (Lipinski definition) is 3. The number of piperidine rings is 1. The molecule has 0 spiro atoms. The molecule has 1 aliphatic rings. The van der Waals surface area contributed by atoms with Crippen molar-refractivity contribution in [1.82, 2.24) is 10.2 Å². The van der Waals surface area contributed by atoms with Crippen molar-refractivity contribution >= 4 is 5.97 Å². The molecule has 98 valence electrons. The van der Waals surface area contributed by atoms with Crippen LogP contribution in [0.3, 0.4) is 0 Å².